The first kappa shape index (κ1) is 8.35. The summed E-state index contributed by atoms with van der Waals surface area (Å²) < 4.78 is 0. The fourth-order valence-corrected chi connectivity index (χ4v) is 1.68. The molecule has 0 aromatic rings. The van der Waals surface area contributed by atoms with Crippen molar-refractivity contribution in [3.05, 3.63) is 0 Å². The van der Waals surface area contributed by atoms with Crippen molar-refractivity contribution in [3.63, 3.8) is 0 Å². The van der Waals surface area contributed by atoms with Gasteiger partial charge in [-0.3, -0.25) is 4.90 Å². The molecule has 1 rings (SSSR count). The van der Waals surface area contributed by atoms with Gasteiger partial charge < -0.3 is 0 Å². The number of nitrogens with zero attached hydrogens (tertiary/aromatic N) is 1. The van der Waals surface area contributed by atoms with E-state index in [0.717, 1.165) is 25.0 Å². The summed E-state index contributed by atoms with van der Waals surface area (Å²) in [7, 11) is 0. The van der Waals surface area contributed by atoms with E-state index in [4.69, 9.17) is 11.6 Å². The van der Waals surface area contributed by atoms with Gasteiger partial charge >= 0.3 is 0 Å². The van der Waals surface area contributed by atoms with E-state index in [0.29, 0.717) is 0 Å². The Hall–Kier alpha value is 0.250. The fourth-order valence-electron chi connectivity index (χ4n) is 1.46. The lowest BCUT2D eigenvalue weighted by molar-refractivity contribution is 0.142. The van der Waals surface area contributed by atoms with Gasteiger partial charge in [0.15, 0.2) is 0 Å². The lowest BCUT2D eigenvalue weighted by Gasteiger charge is -2.36. The maximum absolute atomic E-state index is 5.66. The Labute approximate surface area is 68.4 Å². The summed E-state index contributed by atoms with van der Waals surface area (Å²) in [6.07, 6.45) is 4.21. The molecule has 1 nitrogen and oxygen atoms in total. The van der Waals surface area contributed by atoms with E-state index in [1.54, 1.807) is 0 Å². The molecule has 1 fully saturated rings. The topological polar surface area (TPSA) is 3.24 Å². The smallest absolute Gasteiger partial charge is 0.0351 e. The third kappa shape index (κ3) is 1.86. The molecule has 60 valence electrons. The summed E-state index contributed by atoms with van der Waals surface area (Å²) in [6.45, 7) is 4.45. The first-order valence-electron chi connectivity index (χ1n) is 4.18. The second-order valence-electron chi connectivity index (χ2n) is 2.90. The minimum absolute atomic E-state index is 0.782. The average Bonchev–Trinajstić information content (AvgIpc) is 1.83. The molecule has 0 radical (unpaired) electrons. The molecule has 0 aliphatic heterocycles. The van der Waals surface area contributed by atoms with Gasteiger partial charge in [-0.1, -0.05) is 13.3 Å². The summed E-state index contributed by atoms with van der Waals surface area (Å²) in [6, 6.07) is 0.865. The maximum atomic E-state index is 5.66. The van der Waals surface area contributed by atoms with E-state index in [2.05, 4.69) is 11.8 Å². The first-order chi connectivity index (χ1) is 4.88. The Morgan fingerprint density at radius 2 is 2.20 bits per heavy atom. The van der Waals surface area contributed by atoms with E-state index in [9.17, 15) is 0 Å². The molecule has 10 heavy (non-hydrogen) atoms. The number of halogens is 1. The van der Waals surface area contributed by atoms with Crippen molar-refractivity contribution in [3.8, 4) is 0 Å². The van der Waals surface area contributed by atoms with Crippen molar-refractivity contribution in [1.82, 2.24) is 4.90 Å². The molecule has 0 spiro atoms. The zero-order valence-electron chi connectivity index (χ0n) is 6.65. The van der Waals surface area contributed by atoms with Gasteiger partial charge in [0, 0.05) is 18.5 Å². The summed E-state index contributed by atoms with van der Waals surface area (Å²) in [4.78, 5) is 2.48. The van der Waals surface area contributed by atoms with Gasteiger partial charge in [-0.25, -0.2) is 0 Å². The van der Waals surface area contributed by atoms with Gasteiger partial charge in [0.2, 0.25) is 0 Å². The molecule has 0 saturated heterocycles. The minimum atomic E-state index is 0.782. The fraction of sp³-hybridized carbons (Fsp3) is 1.00. The van der Waals surface area contributed by atoms with E-state index < -0.39 is 0 Å². The van der Waals surface area contributed by atoms with Crippen molar-refractivity contribution >= 4 is 11.6 Å². The SMILES string of the molecule is CCN(CCCl)C1CCC1. The van der Waals surface area contributed by atoms with Crippen LogP contribution in [0.1, 0.15) is 26.2 Å². The first-order valence-corrected chi connectivity index (χ1v) is 4.72. The summed E-state index contributed by atoms with van der Waals surface area (Å²) in [5.74, 6) is 0.782. The van der Waals surface area contributed by atoms with Crippen LogP contribution in [0.5, 0.6) is 0 Å². The Morgan fingerprint density at radius 1 is 1.50 bits per heavy atom. The molecule has 0 N–H and O–H groups in total. The molecule has 2 heteroatoms. The number of rotatable bonds is 4. The Balaban J connectivity index is 2.17. The monoisotopic (exact) mass is 161 g/mol. The van der Waals surface area contributed by atoms with Gasteiger partial charge in [0.25, 0.3) is 0 Å². The van der Waals surface area contributed by atoms with Crippen LogP contribution in [-0.4, -0.2) is 29.9 Å². The van der Waals surface area contributed by atoms with Gasteiger partial charge in [-0.05, 0) is 19.4 Å². The van der Waals surface area contributed by atoms with Crippen LogP contribution in [0.4, 0.5) is 0 Å². The van der Waals surface area contributed by atoms with Gasteiger partial charge in [-0.15, -0.1) is 11.6 Å². The van der Waals surface area contributed by atoms with Crippen molar-refractivity contribution in [2.24, 2.45) is 0 Å². The predicted octanol–water partition coefficient (Wildman–Crippen LogP) is 2.10. The van der Waals surface area contributed by atoms with Gasteiger partial charge in [0.05, 0.1) is 0 Å². The van der Waals surface area contributed by atoms with Crippen LogP contribution in [0.15, 0.2) is 0 Å². The summed E-state index contributed by atoms with van der Waals surface area (Å²) >= 11 is 5.66. The van der Waals surface area contributed by atoms with Gasteiger partial charge in [-0.2, -0.15) is 0 Å². The van der Waals surface area contributed by atoms with Crippen LogP contribution >= 0.6 is 11.6 Å². The van der Waals surface area contributed by atoms with Crippen molar-refractivity contribution in [1.29, 1.82) is 0 Å². The van der Waals surface area contributed by atoms with Crippen molar-refractivity contribution in [2.75, 3.05) is 19.0 Å². The van der Waals surface area contributed by atoms with Gasteiger partial charge in [0.1, 0.15) is 0 Å². The molecule has 0 aromatic heterocycles. The Morgan fingerprint density at radius 3 is 2.50 bits per heavy atom. The highest BCUT2D eigenvalue weighted by Crippen LogP contribution is 2.24. The van der Waals surface area contributed by atoms with E-state index in [1.165, 1.54) is 19.3 Å². The van der Waals surface area contributed by atoms with Crippen LogP contribution in [0.25, 0.3) is 0 Å². The number of hydrogen-bond donors (Lipinski definition) is 0. The summed E-state index contributed by atoms with van der Waals surface area (Å²) in [5.41, 5.74) is 0. The molecule has 0 unspecified atom stereocenters. The van der Waals surface area contributed by atoms with Crippen LogP contribution in [-0.2, 0) is 0 Å². The highest BCUT2D eigenvalue weighted by molar-refractivity contribution is 6.18. The lowest BCUT2D eigenvalue weighted by atomic mass is 9.91. The van der Waals surface area contributed by atoms with Crippen LogP contribution in [0, 0.1) is 0 Å². The zero-order chi connectivity index (χ0) is 7.40. The second-order valence-corrected chi connectivity index (χ2v) is 3.28. The van der Waals surface area contributed by atoms with E-state index in [-0.39, 0.29) is 0 Å². The third-order valence-corrected chi connectivity index (χ3v) is 2.54. The highest BCUT2D eigenvalue weighted by atomic mass is 35.5. The quantitative estimate of drug-likeness (QED) is 0.571. The molecule has 0 heterocycles. The van der Waals surface area contributed by atoms with Crippen LogP contribution < -0.4 is 0 Å². The standard InChI is InChI=1S/C8H16ClN/c1-2-10(7-6-9)8-4-3-5-8/h8H,2-7H2,1H3. The summed E-state index contributed by atoms with van der Waals surface area (Å²) in [5, 5.41) is 0. The molecular weight excluding hydrogens is 146 g/mol. The highest BCUT2D eigenvalue weighted by Gasteiger charge is 2.22. The maximum Gasteiger partial charge on any atom is 0.0351 e. The minimum Gasteiger partial charge on any atom is -0.299 e. The molecule has 1 aliphatic carbocycles. The largest absolute Gasteiger partial charge is 0.299 e. The zero-order valence-corrected chi connectivity index (χ0v) is 7.40. The van der Waals surface area contributed by atoms with Crippen molar-refractivity contribution in [2.45, 2.75) is 32.2 Å². The molecule has 1 saturated carbocycles. The molecule has 0 aromatic carbocycles. The molecule has 0 atom stereocenters. The third-order valence-electron chi connectivity index (χ3n) is 2.37. The molecular formula is C8H16ClN. The molecule has 0 bridgehead atoms. The van der Waals surface area contributed by atoms with E-state index in [1.807, 2.05) is 0 Å². The van der Waals surface area contributed by atoms with Crippen LogP contribution in [0.3, 0.4) is 0 Å². The second kappa shape index (κ2) is 4.20. The predicted molar refractivity (Wildman–Crippen MR) is 45.6 cm³/mol. The molecule has 1 aliphatic rings. The Bertz CT molecular complexity index is 91.3. The normalized spacial score (nSPS) is 19.5. The van der Waals surface area contributed by atoms with E-state index >= 15 is 0 Å². The Kier molecular flexibility index (Phi) is 3.50. The average molecular weight is 162 g/mol. The van der Waals surface area contributed by atoms with Crippen LogP contribution in [0.2, 0.25) is 0 Å². The van der Waals surface area contributed by atoms with Crippen molar-refractivity contribution < 1.29 is 0 Å². The number of hydrogen-bond acceptors (Lipinski definition) is 1. The lowest BCUT2D eigenvalue weighted by Crippen LogP contribution is -2.40. The number of alkyl halides is 1. The molecule has 0 amide bonds.